The van der Waals surface area contributed by atoms with E-state index >= 15 is 0 Å². The van der Waals surface area contributed by atoms with E-state index in [1.54, 1.807) is 0 Å². The van der Waals surface area contributed by atoms with Gasteiger partial charge in [-0.2, -0.15) is 0 Å². The van der Waals surface area contributed by atoms with Crippen LogP contribution in [0.2, 0.25) is 0 Å². The molecule has 0 aliphatic carbocycles. The second kappa shape index (κ2) is 26.8. The predicted molar refractivity (Wildman–Crippen MR) is 264 cm³/mol. The highest BCUT2D eigenvalue weighted by molar-refractivity contribution is 6.77. The summed E-state index contributed by atoms with van der Waals surface area (Å²) < 4.78 is 71.4. The molecular formula is C50H56Cl3NO26. The lowest BCUT2D eigenvalue weighted by Crippen LogP contribution is -2.84. The Hall–Kier alpha value is -6.56. The van der Waals surface area contributed by atoms with Crippen LogP contribution in [0, 0.1) is 5.41 Å². The summed E-state index contributed by atoms with van der Waals surface area (Å²) in [4.78, 5) is 132. The number of carbonyl (C=O) groups excluding carboxylic acids is 10. The summed E-state index contributed by atoms with van der Waals surface area (Å²) in [5.41, 5.74) is -6.42. The van der Waals surface area contributed by atoms with Crippen molar-refractivity contribution < 1.29 is 125 Å². The minimum Gasteiger partial charge on any atom is -0.463 e. The van der Waals surface area contributed by atoms with Crippen LogP contribution in [0.15, 0.2) is 60.7 Å². The van der Waals surface area contributed by atoms with Crippen LogP contribution in [0.1, 0.15) is 76.1 Å². The molecule has 2 aromatic carbocycles. The van der Waals surface area contributed by atoms with Crippen LogP contribution in [-0.4, -0.2) is 195 Å². The second-order valence-electron chi connectivity index (χ2n) is 18.2. The first kappa shape index (κ1) is 64.3. The fourth-order valence-corrected chi connectivity index (χ4v) is 9.58. The topological polar surface area (TPSA) is 375 Å². The summed E-state index contributed by atoms with van der Waals surface area (Å²) in [5, 5.41) is 50.2. The van der Waals surface area contributed by atoms with E-state index in [4.69, 9.17) is 96.4 Å². The maximum atomic E-state index is 14.7. The highest BCUT2D eigenvalue weighted by atomic mass is 35.6. The second-order valence-corrected chi connectivity index (χ2v) is 20.4. The highest BCUT2D eigenvalue weighted by Gasteiger charge is 2.77. The molecule has 0 radical (unpaired) electrons. The van der Waals surface area contributed by atoms with E-state index in [1.807, 2.05) is 0 Å². The molecule has 3 fully saturated rings. The Balaban J connectivity index is 2.00. The third kappa shape index (κ3) is 15.3. The van der Waals surface area contributed by atoms with Crippen molar-refractivity contribution in [3.05, 3.63) is 71.8 Å². The highest BCUT2D eigenvalue weighted by Crippen LogP contribution is 2.51. The van der Waals surface area contributed by atoms with E-state index in [9.17, 15) is 68.7 Å². The van der Waals surface area contributed by atoms with Crippen LogP contribution < -0.4 is 0 Å². The summed E-state index contributed by atoms with van der Waals surface area (Å²) >= 11 is 19.0. The normalized spacial score (nSPS) is 30.6. The Bertz CT molecular complexity index is 2660. The van der Waals surface area contributed by atoms with Gasteiger partial charge in [0.1, 0.15) is 55.5 Å². The molecule has 27 nitrogen and oxygen atoms in total. The first-order valence-electron chi connectivity index (χ1n) is 23.9. The van der Waals surface area contributed by atoms with Gasteiger partial charge in [-0.05, 0) is 24.3 Å². The Morgan fingerprint density at radius 2 is 0.900 bits per heavy atom. The SMILES string of the molecule is CC(=O)OC[C@H]1O[C@H](C(O)[C@H]2OC(O)(C(=N)C(Cl)(Cl)Cl)[C@@H](OC(=O)c3ccccc3)[C@](O)([C@H]3O[C@H](COC(C)=O)[C@@H](OC(C)=O)[C@H](OC(C)=O)[C@@H]3OC(C)=O)[C@@H]2OC(=O)c2ccccc2)[C@@H](OC(C)=O)[C@@H](OC(C)=O)[C@@H]1OC(C)=O. The number of halogens is 3. The molecule has 2 unspecified atom stereocenters. The quantitative estimate of drug-likeness (QED) is 0.0706. The number of hydrogen-bond acceptors (Lipinski definition) is 27. The van der Waals surface area contributed by atoms with Crippen molar-refractivity contribution in [3.8, 4) is 0 Å². The number of benzene rings is 2. The number of alkyl halides is 3. The number of aliphatic hydroxyl groups excluding tert-OH is 1. The molecule has 2 aromatic rings. The molecule has 16 atom stereocenters. The van der Waals surface area contributed by atoms with Crippen LogP contribution >= 0.6 is 34.8 Å². The predicted octanol–water partition coefficient (Wildman–Crippen LogP) is 1.26. The van der Waals surface area contributed by atoms with Gasteiger partial charge in [0.15, 0.2) is 54.4 Å². The molecule has 0 saturated carbocycles. The lowest BCUT2D eigenvalue weighted by molar-refractivity contribution is -0.393. The molecule has 3 heterocycles. The van der Waals surface area contributed by atoms with E-state index in [0.29, 0.717) is 0 Å². The maximum absolute atomic E-state index is 14.7. The van der Waals surface area contributed by atoms with Crippen LogP contribution in [0.4, 0.5) is 0 Å². The number of nitrogens with one attached hydrogen (secondary N) is 1. The summed E-state index contributed by atoms with van der Waals surface area (Å²) in [7, 11) is 0. The van der Waals surface area contributed by atoms with E-state index in [2.05, 4.69) is 0 Å². The summed E-state index contributed by atoms with van der Waals surface area (Å²) in [5.74, 6) is -16.2. The van der Waals surface area contributed by atoms with Gasteiger partial charge in [0, 0.05) is 55.4 Å². The van der Waals surface area contributed by atoms with Gasteiger partial charge in [-0.15, -0.1) is 0 Å². The van der Waals surface area contributed by atoms with Gasteiger partial charge in [0.05, 0.1) is 11.1 Å². The van der Waals surface area contributed by atoms with Crippen molar-refractivity contribution in [1.82, 2.24) is 0 Å². The van der Waals surface area contributed by atoms with E-state index < -0.39 is 185 Å². The maximum Gasteiger partial charge on any atom is 0.338 e. The monoisotopic (exact) mass is 1190 g/mol. The number of rotatable bonds is 18. The van der Waals surface area contributed by atoms with Gasteiger partial charge >= 0.3 is 59.7 Å². The van der Waals surface area contributed by atoms with Crippen LogP contribution in [0.25, 0.3) is 0 Å². The van der Waals surface area contributed by atoms with Crippen molar-refractivity contribution in [2.24, 2.45) is 0 Å². The van der Waals surface area contributed by atoms with Crippen molar-refractivity contribution in [2.45, 2.75) is 156 Å². The molecular weight excluding hydrogens is 1140 g/mol. The number of carbonyl (C=O) groups is 10. The van der Waals surface area contributed by atoms with Crippen molar-refractivity contribution in [2.75, 3.05) is 13.2 Å². The first-order chi connectivity index (χ1) is 37.3. The molecule has 3 saturated heterocycles. The summed E-state index contributed by atoms with van der Waals surface area (Å²) in [6, 6.07) is 12.9. The zero-order valence-electron chi connectivity index (χ0n) is 43.6. The molecule has 3 aliphatic heterocycles. The minimum absolute atomic E-state index is 0.371. The van der Waals surface area contributed by atoms with E-state index in [-0.39, 0.29) is 5.56 Å². The molecule has 0 aromatic heterocycles. The number of hydrogen-bond donors (Lipinski definition) is 4. The van der Waals surface area contributed by atoms with Gasteiger partial charge in [-0.3, -0.25) is 43.8 Å². The minimum atomic E-state index is -4.08. The molecule has 3 aliphatic rings. The molecule has 80 heavy (non-hydrogen) atoms. The average Bonchev–Trinajstić information content (AvgIpc) is 2.55. The fraction of sp³-hybridized carbons (Fsp3) is 0.540. The van der Waals surface area contributed by atoms with Gasteiger partial charge in [-0.1, -0.05) is 71.2 Å². The van der Waals surface area contributed by atoms with Crippen molar-refractivity contribution in [3.63, 3.8) is 0 Å². The smallest absolute Gasteiger partial charge is 0.338 e. The number of esters is 10. The largest absolute Gasteiger partial charge is 0.463 e. The molecule has 438 valence electrons. The molecule has 0 amide bonds. The Labute approximate surface area is 469 Å². The van der Waals surface area contributed by atoms with E-state index in [1.165, 1.54) is 48.5 Å². The van der Waals surface area contributed by atoms with Crippen LogP contribution in [0.5, 0.6) is 0 Å². The Morgan fingerprint density at radius 1 is 0.525 bits per heavy atom. The Morgan fingerprint density at radius 3 is 1.31 bits per heavy atom. The molecule has 4 N–H and O–H groups in total. The van der Waals surface area contributed by atoms with Crippen molar-refractivity contribution >= 4 is 100 Å². The van der Waals surface area contributed by atoms with Gasteiger partial charge in [0.2, 0.25) is 3.79 Å². The lowest BCUT2D eigenvalue weighted by atomic mass is 9.69. The molecule has 30 heteroatoms. The van der Waals surface area contributed by atoms with Crippen LogP contribution in [0.3, 0.4) is 0 Å². The molecule has 0 spiro atoms. The zero-order valence-corrected chi connectivity index (χ0v) is 45.9. The third-order valence-electron chi connectivity index (χ3n) is 12.1. The zero-order chi connectivity index (χ0) is 59.8. The van der Waals surface area contributed by atoms with Crippen LogP contribution in [-0.2, 0) is 99.9 Å². The standard InChI is InChI=1S/C50H56Cl3NO26/c1-21(55)68-19-31-34(70-23(3)57)38(72-25(5)59)40(74-27(7)61)36(76-31)33(63)37-42(78-44(64)29-15-11-9-12-16-29)48(66,47(49(67,80-37)46(54)50(51,52)53)79-45(65)30-17-13-10-14-18-30)43-41(75-28(8)62)39(73-26(6)60)35(71-24(4)58)32(77-43)20-69-22(2)56/h9-18,31-43,47,54,63,66-67H,19-20H2,1-8H3/t31-,32-,33?,34-,35-,36-,37-,38+,39+,40-,41+,42-,43+,47+,48-,49?/m1/s1. The van der Waals surface area contributed by atoms with Gasteiger partial charge in [0.25, 0.3) is 5.79 Å². The van der Waals surface area contributed by atoms with Gasteiger partial charge < -0.3 is 76.9 Å². The molecule has 0 bridgehead atoms. The van der Waals surface area contributed by atoms with Crippen molar-refractivity contribution in [1.29, 1.82) is 5.41 Å². The van der Waals surface area contributed by atoms with Gasteiger partial charge in [-0.25, -0.2) is 9.59 Å². The number of aliphatic hydroxyl groups is 3. The summed E-state index contributed by atoms with van der Waals surface area (Å²) in [6.45, 7) is 5.07. The molecule has 5 rings (SSSR count). The fourth-order valence-electron chi connectivity index (χ4n) is 9.18. The third-order valence-corrected chi connectivity index (χ3v) is 12.7. The summed E-state index contributed by atoms with van der Waals surface area (Å²) in [6.07, 6.45) is -34.0. The average molecular weight is 1190 g/mol. The first-order valence-corrected chi connectivity index (χ1v) is 25.0. The Kier molecular flexibility index (Phi) is 21.5. The lowest BCUT2D eigenvalue weighted by Gasteiger charge is -2.60. The van der Waals surface area contributed by atoms with E-state index in [0.717, 1.165) is 67.5 Å². The number of ether oxygens (including phenoxy) is 13.